The number of piperazine rings is 1. The molecule has 0 unspecified atom stereocenters. The van der Waals surface area contributed by atoms with Crippen molar-refractivity contribution in [3.63, 3.8) is 0 Å². The molecule has 5 nitrogen and oxygen atoms in total. The lowest BCUT2D eigenvalue weighted by Crippen LogP contribution is -2.57. The largest absolute Gasteiger partial charge is 0.379 e. The van der Waals surface area contributed by atoms with E-state index in [1.807, 2.05) is 0 Å². The van der Waals surface area contributed by atoms with Gasteiger partial charge in [-0.05, 0) is 30.4 Å². The second-order valence-electron chi connectivity index (χ2n) is 7.76. The molecule has 0 spiro atoms. The van der Waals surface area contributed by atoms with E-state index in [0.29, 0.717) is 11.9 Å². The Hall–Kier alpha value is -1.43. The summed E-state index contributed by atoms with van der Waals surface area (Å²) in [5.41, 5.74) is 3.02. The van der Waals surface area contributed by atoms with Gasteiger partial charge < -0.3 is 9.64 Å². The van der Waals surface area contributed by atoms with Crippen LogP contribution in [0, 0.1) is 0 Å². The average Bonchev–Trinajstić information content (AvgIpc) is 3.14. The van der Waals surface area contributed by atoms with Crippen LogP contribution in [0.1, 0.15) is 24.5 Å². The molecule has 1 atom stereocenters. The van der Waals surface area contributed by atoms with E-state index in [9.17, 15) is 4.79 Å². The summed E-state index contributed by atoms with van der Waals surface area (Å²) in [4.78, 5) is 20.1. The van der Waals surface area contributed by atoms with Gasteiger partial charge in [-0.2, -0.15) is 0 Å². The SMILES string of the molecule is CC[C@@H](C(=O)N1CCN(C2Cc3ccccc3C2)CC1)N1CCOCC1. The zero-order valence-corrected chi connectivity index (χ0v) is 15.9. The van der Waals surface area contributed by atoms with Crippen LogP contribution in [-0.2, 0) is 22.4 Å². The summed E-state index contributed by atoms with van der Waals surface area (Å²) in [5.74, 6) is 0.323. The van der Waals surface area contributed by atoms with E-state index in [1.165, 1.54) is 11.1 Å². The smallest absolute Gasteiger partial charge is 0.240 e. The number of amides is 1. The minimum absolute atomic E-state index is 0.0289. The van der Waals surface area contributed by atoms with Crippen molar-refractivity contribution in [2.24, 2.45) is 0 Å². The highest BCUT2D eigenvalue weighted by atomic mass is 16.5. The van der Waals surface area contributed by atoms with Crippen LogP contribution in [0.5, 0.6) is 0 Å². The Morgan fingerprint density at radius 2 is 1.65 bits per heavy atom. The summed E-state index contributed by atoms with van der Waals surface area (Å²) < 4.78 is 5.44. The van der Waals surface area contributed by atoms with Gasteiger partial charge in [-0.25, -0.2) is 0 Å². The number of carbonyl (C=O) groups is 1. The average molecular weight is 357 g/mol. The predicted molar refractivity (Wildman–Crippen MR) is 102 cm³/mol. The van der Waals surface area contributed by atoms with Gasteiger partial charge in [-0.1, -0.05) is 31.2 Å². The number of fused-ring (bicyclic) bond motifs is 1. The Morgan fingerprint density at radius 1 is 1.04 bits per heavy atom. The number of nitrogens with zero attached hydrogens (tertiary/aromatic N) is 3. The molecule has 0 bridgehead atoms. The zero-order valence-electron chi connectivity index (χ0n) is 15.9. The van der Waals surface area contributed by atoms with E-state index in [-0.39, 0.29) is 6.04 Å². The quantitative estimate of drug-likeness (QED) is 0.816. The molecule has 0 radical (unpaired) electrons. The van der Waals surface area contributed by atoms with Crippen molar-refractivity contribution in [1.82, 2.24) is 14.7 Å². The van der Waals surface area contributed by atoms with Crippen LogP contribution < -0.4 is 0 Å². The lowest BCUT2D eigenvalue weighted by atomic mass is 10.1. The second-order valence-corrected chi connectivity index (χ2v) is 7.76. The summed E-state index contributed by atoms with van der Waals surface area (Å²) >= 11 is 0. The van der Waals surface area contributed by atoms with Crippen molar-refractivity contribution in [1.29, 1.82) is 0 Å². The van der Waals surface area contributed by atoms with Crippen molar-refractivity contribution in [2.45, 2.75) is 38.3 Å². The van der Waals surface area contributed by atoms with Gasteiger partial charge in [0.15, 0.2) is 0 Å². The Balaban J connectivity index is 1.31. The van der Waals surface area contributed by atoms with Gasteiger partial charge in [-0.3, -0.25) is 14.6 Å². The number of hydrogen-bond donors (Lipinski definition) is 0. The molecule has 3 aliphatic rings. The Labute approximate surface area is 156 Å². The lowest BCUT2D eigenvalue weighted by molar-refractivity contribution is -0.141. The maximum atomic E-state index is 13.1. The molecule has 2 aliphatic heterocycles. The Morgan fingerprint density at radius 3 is 2.23 bits per heavy atom. The Bertz CT molecular complexity index is 596. The topological polar surface area (TPSA) is 36.0 Å². The number of rotatable bonds is 4. The highest BCUT2D eigenvalue weighted by Crippen LogP contribution is 2.26. The third-order valence-corrected chi connectivity index (χ3v) is 6.33. The number of morpholine rings is 1. The monoisotopic (exact) mass is 357 g/mol. The van der Waals surface area contributed by atoms with Gasteiger partial charge in [0.1, 0.15) is 0 Å². The van der Waals surface area contributed by atoms with E-state index in [1.54, 1.807) is 0 Å². The first-order valence-electron chi connectivity index (χ1n) is 10.2. The predicted octanol–water partition coefficient (Wildman–Crippen LogP) is 1.41. The van der Waals surface area contributed by atoms with Crippen molar-refractivity contribution in [3.05, 3.63) is 35.4 Å². The van der Waals surface area contributed by atoms with Crippen LogP contribution in [0.4, 0.5) is 0 Å². The van der Waals surface area contributed by atoms with Crippen LogP contribution >= 0.6 is 0 Å². The van der Waals surface area contributed by atoms with Gasteiger partial charge in [0, 0.05) is 45.3 Å². The first kappa shape index (κ1) is 18.0. The minimum Gasteiger partial charge on any atom is -0.379 e. The summed E-state index contributed by atoms with van der Waals surface area (Å²) in [6, 6.07) is 9.47. The number of carbonyl (C=O) groups excluding carboxylic acids is 1. The van der Waals surface area contributed by atoms with E-state index in [2.05, 4.69) is 45.9 Å². The van der Waals surface area contributed by atoms with Crippen molar-refractivity contribution >= 4 is 5.91 Å². The molecule has 1 amide bonds. The zero-order chi connectivity index (χ0) is 17.9. The fourth-order valence-corrected chi connectivity index (χ4v) is 4.79. The molecule has 142 valence electrons. The first-order chi connectivity index (χ1) is 12.8. The third-order valence-electron chi connectivity index (χ3n) is 6.33. The minimum atomic E-state index is 0.0289. The molecule has 2 saturated heterocycles. The fraction of sp³-hybridized carbons (Fsp3) is 0.667. The number of benzene rings is 1. The molecule has 2 heterocycles. The molecule has 0 saturated carbocycles. The van der Waals surface area contributed by atoms with Gasteiger partial charge >= 0.3 is 0 Å². The maximum Gasteiger partial charge on any atom is 0.240 e. The summed E-state index contributed by atoms with van der Waals surface area (Å²) in [6.45, 7) is 9.13. The molecule has 1 aromatic carbocycles. The van der Waals surface area contributed by atoms with E-state index < -0.39 is 0 Å². The van der Waals surface area contributed by atoms with Gasteiger partial charge in [0.2, 0.25) is 5.91 Å². The number of hydrogen-bond acceptors (Lipinski definition) is 4. The summed E-state index contributed by atoms with van der Waals surface area (Å²) in [6.07, 6.45) is 3.21. The van der Waals surface area contributed by atoms with Crippen LogP contribution in [0.2, 0.25) is 0 Å². The van der Waals surface area contributed by atoms with E-state index in [0.717, 1.165) is 71.7 Å². The number of ether oxygens (including phenoxy) is 1. The third kappa shape index (κ3) is 3.66. The fourth-order valence-electron chi connectivity index (χ4n) is 4.79. The Kier molecular flexibility index (Phi) is 5.57. The second kappa shape index (κ2) is 8.07. The molecule has 1 aromatic rings. The molecule has 5 heteroatoms. The van der Waals surface area contributed by atoms with E-state index in [4.69, 9.17) is 4.74 Å². The molecular weight excluding hydrogens is 326 g/mol. The first-order valence-corrected chi connectivity index (χ1v) is 10.2. The van der Waals surface area contributed by atoms with Crippen LogP contribution in [0.25, 0.3) is 0 Å². The lowest BCUT2D eigenvalue weighted by Gasteiger charge is -2.41. The van der Waals surface area contributed by atoms with Crippen molar-refractivity contribution < 1.29 is 9.53 Å². The van der Waals surface area contributed by atoms with E-state index >= 15 is 0 Å². The molecule has 0 aromatic heterocycles. The van der Waals surface area contributed by atoms with Gasteiger partial charge in [-0.15, -0.1) is 0 Å². The van der Waals surface area contributed by atoms with Crippen molar-refractivity contribution in [2.75, 3.05) is 52.5 Å². The standard InChI is InChI=1S/C21H31N3O2/c1-2-20(23-11-13-26-14-12-23)21(25)24-9-7-22(8-10-24)19-15-17-5-3-4-6-18(17)16-19/h3-6,19-20H,2,7-16H2,1H3/t20-/m0/s1. The van der Waals surface area contributed by atoms with Crippen LogP contribution in [0.15, 0.2) is 24.3 Å². The van der Waals surface area contributed by atoms with Crippen LogP contribution in [-0.4, -0.2) is 85.2 Å². The maximum absolute atomic E-state index is 13.1. The van der Waals surface area contributed by atoms with Gasteiger partial charge in [0.25, 0.3) is 0 Å². The highest BCUT2D eigenvalue weighted by molar-refractivity contribution is 5.82. The summed E-state index contributed by atoms with van der Waals surface area (Å²) in [5, 5.41) is 0. The van der Waals surface area contributed by atoms with Gasteiger partial charge in [0.05, 0.1) is 19.3 Å². The molecule has 26 heavy (non-hydrogen) atoms. The highest BCUT2D eigenvalue weighted by Gasteiger charge is 2.34. The van der Waals surface area contributed by atoms with Crippen molar-refractivity contribution in [3.8, 4) is 0 Å². The molecular formula is C21H31N3O2. The molecule has 2 fully saturated rings. The van der Waals surface area contributed by atoms with Crippen LogP contribution in [0.3, 0.4) is 0 Å². The molecule has 4 rings (SSSR count). The molecule has 0 N–H and O–H groups in total. The normalized spacial score (nSPS) is 23.8. The molecule has 1 aliphatic carbocycles. The summed E-state index contributed by atoms with van der Waals surface area (Å²) in [7, 11) is 0.